The van der Waals surface area contributed by atoms with E-state index in [1.807, 2.05) is 4.90 Å². The number of aryl methyl sites for hydroxylation is 1. The van der Waals surface area contributed by atoms with Crippen molar-refractivity contribution < 1.29 is 13.6 Å². The first kappa shape index (κ1) is 19.9. The molecule has 2 aliphatic rings. The Balaban J connectivity index is 1.22. The fourth-order valence-corrected chi connectivity index (χ4v) is 4.61. The number of piperidine rings is 1. The Morgan fingerprint density at radius 2 is 1.90 bits per heavy atom. The second kappa shape index (κ2) is 8.98. The van der Waals surface area contributed by atoms with E-state index in [-0.39, 0.29) is 5.91 Å². The Bertz CT molecular complexity index is 820. The van der Waals surface area contributed by atoms with Crippen LogP contribution in [-0.2, 0) is 17.9 Å². The van der Waals surface area contributed by atoms with Crippen LogP contribution in [-0.4, -0.2) is 56.7 Å². The lowest BCUT2D eigenvalue weighted by atomic mass is 9.83. The first-order valence-corrected chi connectivity index (χ1v) is 10.4. The van der Waals surface area contributed by atoms with Gasteiger partial charge in [0, 0.05) is 31.6 Å². The molecule has 1 unspecified atom stereocenters. The molecular weight excluding hydrogens is 376 g/mol. The van der Waals surface area contributed by atoms with Crippen LogP contribution in [0.25, 0.3) is 0 Å². The Morgan fingerprint density at radius 1 is 1.10 bits per heavy atom. The molecule has 0 radical (unpaired) electrons. The summed E-state index contributed by atoms with van der Waals surface area (Å²) in [4.78, 5) is 20.6. The van der Waals surface area contributed by atoms with Gasteiger partial charge in [-0.25, -0.2) is 13.8 Å². The number of likely N-dealkylation sites (tertiary alicyclic amines) is 2. The molecular formula is C21H27F2N5O. The number of carbonyl (C=O) groups is 1. The summed E-state index contributed by atoms with van der Waals surface area (Å²) in [5.41, 5.74) is 0.425. The zero-order valence-corrected chi connectivity index (χ0v) is 16.5. The van der Waals surface area contributed by atoms with E-state index in [1.165, 1.54) is 6.33 Å². The van der Waals surface area contributed by atoms with E-state index >= 15 is 0 Å². The summed E-state index contributed by atoms with van der Waals surface area (Å²) in [6.07, 6.45) is 6.70. The number of halogens is 2. The molecule has 156 valence electrons. The van der Waals surface area contributed by atoms with Crippen LogP contribution in [0.4, 0.5) is 8.78 Å². The topological polar surface area (TPSA) is 54.3 Å². The van der Waals surface area contributed by atoms with Crippen molar-refractivity contribution in [1.29, 1.82) is 0 Å². The van der Waals surface area contributed by atoms with E-state index in [9.17, 15) is 13.6 Å². The molecule has 0 bridgehead atoms. The number of hydrogen-bond donors (Lipinski definition) is 0. The molecule has 1 atom stereocenters. The normalized spacial score (nSPS) is 21.0. The van der Waals surface area contributed by atoms with Crippen molar-refractivity contribution in [3.05, 3.63) is 48.1 Å². The van der Waals surface area contributed by atoms with Crippen molar-refractivity contribution in [2.75, 3.05) is 26.2 Å². The molecule has 3 heterocycles. The van der Waals surface area contributed by atoms with Gasteiger partial charge in [0.05, 0.1) is 6.54 Å². The predicted octanol–water partition coefficient (Wildman–Crippen LogP) is 2.71. The molecule has 0 spiro atoms. The van der Waals surface area contributed by atoms with Gasteiger partial charge in [0.15, 0.2) is 11.6 Å². The third-order valence-electron chi connectivity index (χ3n) is 6.32. The zero-order chi connectivity index (χ0) is 20.2. The number of carbonyl (C=O) groups excluding carboxylic acids is 1. The molecule has 2 saturated heterocycles. The third kappa shape index (κ3) is 4.80. The fourth-order valence-electron chi connectivity index (χ4n) is 4.61. The number of rotatable bonds is 6. The quantitative estimate of drug-likeness (QED) is 0.744. The molecule has 8 heteroatoms. The van der Waals surface area contributed by atoms with Crippen molar-refractivity contribution in [1.82, 2.24) is 24.6 Å². The molecule has 29 heavy (non-hydrogen) atoms. The SMILES string of the molecule is O=C(CCn1cncn1)N1CCC(C2CCN(Cc3cccc(F)c3F)CC2)C1. The van der Waals surface area contributed by atoms with Gasteiger partial charge in [-0.05, 0) is 50.3 Å². The lowest BCUT2D eigenvalue weighted by Gasteiger charge is -2.35. The summed E-state index contributed by atoms with van der Waals surface area (Å²) in [5, 5.41) is 4.04. The van der Waals surface area contributed by atoms with Crippen LogP contribution >= 0.6 is 0 Å². The molecule has 2 fully saturated rings. The lowest BCUT2D eigenvalue weighted by Crippen LogP contribution is -2.37. The summed E-state index contributed by atoms with van der Waals surface area (Å²) in [5.74, 6) is -0.195. The summed E-state index contributed by atoms with van der Waals surface area (Å²) in [6.45, 7) is 4.45. The van der Waals surface area contributed by atoms with E-state index in [0.29, 0.717) is 36.9 Å². The van der Waals surface area contributed by atoms with Gasteiger partial charge in [-0.2, -0.15) is 5.10 Å². The maximum atomic E-state index is 13.9. The number of nitrogens with zero attached hydrogens (tertiary/aromatic N) is 5. The summed E-state index contributed by atoms with van der Waals surface area (Å²) in [7, 11) is 0. The molecule has 2 aliphatic heterocycles. The van der Waals surface area contributed by atoms with Crippen LogP contribution in [0.3, 0.4) is 0 Å². The minimum absolute atomic E-state index is 0.182. The zero-order valence-electron chi connectivity index (χ0n) is 16.5. The van der Waals surface area contributed by atoms with Crippen LogP contribution in [0.15, 0.2) is 30.9 Å². The molecule has 1 amide bonds. The largest absolute Gasteiger partial charge is 0.342 e. The highest BCUT2D eigenvalue weighted by Crippen LogP contribution is 2.32. The first-order valence-electron chi connectivity index (χ1n) is 10.4. The van der Waals surface area contributed by atoms with Crippen LogP contribution in [0, 0.1) is 23.5 Å². The number of amides is 1. The lowest BCUT2D eigenvalue weighted by molar-refractivity contribution is -0.130. The maximum absolute atomic E-state index is 13.9. The van der Waals surface area contributed by atoms with Gasteiger partial charge in [-0.3, -0.25) is 14.4 Å². The van der Waals surface area contributed by atoms with E-state index in [4.69, 9.17) is 0 Å². The van der Waals surface area contributed by atoms with E-state index < -0.39 is 11.6 Å². The highest BCUT2D eigenvalue weighted by atomic mass is 19.2. The minimum Gasteiger partial charge on any atom is -0.342 e. The Labute approximate surface area is 169 Å². The standard InChI is InChI=1S/C21H27F2N5O/c22-19-3-1-2-18(21(19)23)12-26-8-4-16(5-9-26)17-6-10-27(13-17)20(29)7-11-28-15-24-14-25-28/h1-3,14-17H,4-13H2. The van der Waals surface area contributed by atoms with E-state index in [2.05, 4.69) is 15.0 Å². The number of hydrogen-bond acceptors (Lipinski definition) is 4. The predicted molar refractivity (Wildman–Crippen MR) is 104 cm³/mol. The Morgan fingerprint density at radius 3 is 2.66 bits per heavy atom. The second-order valence-electron chi connectivity index (χ2n) is 8.12. The maximum Gasteiger partial charge on any atom is 0.224 e. The fraction of sp³-hybridized carbons (Fsp3) is 0.571. The van der Waals surface area contributed by atoms with Crippen molar-refractivity contribution in [2.24, 2.45) is 11.8 Å². The van der Waals surface area contributed by atoms with Gasteiger partial charge in [-0.1, -0.05) is 12.1 Å². The van der Waals surface area contributed by atoms with Crippen molar-refractivity contribution in [3.63, 3.8) is 0 Å². The van der Waals surface area contributed by atoms with Crippen LogP contribution in [0.1, 0.15) is 31.2 Å². The minimum atomic E-state index is -0.781. The van der Waals surface area contributed by atoms with Crippen molar-refractivity contribution in [2.45, 2.75) is 38.8 Å². The highest BCUT2D eigenvalue weighted by Gasteiger charge is 2.33. The van der Waals surface area contributed by atoms with Gasteiger partial charge >= 0.3 is 0 Å². The number of benzene rings is 1. The summed E-state index contributed by atoms with van der Waals surface area (Å²) >= 11 is 0. The summed E-state index contributed by atoms with van der Waals surface area (Å²) < 4.78 is 29.0. The molecule has 0 saturated carbocycles. The van der Waals surface area contributed by atoms with Crippen molar-refractivity contribution >= 4 is 5.91 Å². The van der Waals surface area contributed by atoms with Gasteiger partial charge in [0.1, 0.15) is 12.7 Å². The Hall–Kier alpha value is -2.35. The number of aromatic nitrogens is 3. The van der Waals surface area contributed by atoms with Crippen molar-refractivity contribution in [3.8, 4) is 0 Å². The van der Waals surface area contributed by atoms with Crippen LogP contribution in [0.5, 0.6) is 0 Å². The highest BCUT2D eigenvalue weighted by molar-refractivity contribution is 5.76. The molecule has 0 aliphatic carbocycles. The molecule has 1 aromatic heterocycles. The monoisotopic (exact) mass is 403 g/mol. The van der Waals surface area contributed by atoms with Crippen LogP contribution in [0.2, 0.25) is 0 Å². The average Bonchev–Trinajstić information content (AvgIpc) is 3.42. The molecule has 6 nitrogen and oxygen atoms in total. The van der Waals surface area contributed by atoms with Crippen LogP contribution < -0.4 is 0 Å². The second-order valence-corrected chi connectivity index (χ2v) is 8.12. The molecule has 2 aromatic rings. The molecule has 0 N–H and O–H groups in total. The third-order valence-corrected chi connectivity index (χ3v) is 6.32. The average molecular weight is 403 g/mol. The van der Waals surface area contributed by atoms with Gasteiger partial charge in [-0.15, -0.1) is 0 Å². The van der Waals surface area contributed by atoms with Gasteiger partial charge < -0.3 is 4.90 Å². The van der Waals surface area contributed by atoms with Gasteiger partial charge in [0.25, 0.3) is 0 Å². The van der Waals surface area contributed by atoms with E-state index in [1.54, 1.807) is 23.1 Å². The first-order chi connectivity index (χ1) is 14.1. The van der Waals surface area contributed by atoms with E-state index in [0.717, 1.165) is 51.5 Å². The Kier molecular flexibility index (Phi) is 6.18. The summed E-state index contributed by atoms with van der Waals surface area (Å²) in [6, 6.07) is 4.38. The smallest absolute Gasteiger partial charge is 0.224 e. The molecule has 1 aromatic carbocycles. The van der Waals surface area contributed by atoms with Gasteiger partial charge in [0.2, 0.25) is 5.91 Å². The molecule has 4 rings (SSSR count).